The van der Waals surface area contributed by atoms with Gasteiger partial charge in [-0.05, 0) is 198 Å². The molecule has 3 aliphatic rings. The van der Waals surface area contributed by atoms with Crippen LogP contribution in [0.5, 0.6) is 0 Å². The highest BCUT2D eigenvalue weighted by Gasteiger charge is 2.45. The largest absolute Gasteiger partial charge is 0.265 e. The van der Waals surface area contributed by atoms with Gasteiger partial charge < -0.3 is 0 Å². The molecule has 612 valence electrons. The molecule has 13 rings (SSSR count). The van der Waals surface area contributed by atoms with Crippen molar-refractivity contribution in [3.8, 4) is 77.9 Å². The monoisotopic (exact) mass is 1550 g/mol. The highest BCUT2D eigenvalue weighted by molar-refractivity contribution is 5.94. The standard InChI is InChI=1S/C113H140N4/c1-5-9-13-17-21-25-29-33-37-47-73-112(74-48-38-34-30-26-22-18-14-10-6-2)106-83-92(90-51-43-41-44-52-90)59-63-100(106)102-65-61-96(85-108(102)112)104-81-94(58-56-89-71-79-115-80-72-89)105(82-93(104)57-55-88-69-77-114-78-70-88)97-62-66-103-101-64-60-95(99-68-67-98(91-53-45-42-46-54-91)110-111(99)117-87-116-110)84-107(101)113(109(103)86-97,75-49-39-35-31-27-23-19-15-11-7-3)76-50-40-36-32-28-24-20-16-12-8-4/h41-46,51-72,77-86H,5-40,47-50,73-76,87H2,1-4H3/b57-55+,58-56+. The van der Waals surface area contributed by atoms with Crippen LogP contribution in [0.15, 0.2) is 217 Å². The summed E-state index contributed by atoms with van der Waals surface area (Å²) in [6, 6.07) is 71.1. The van der Waals surface area contributed by atoms with Gasteiger partial charge in [0.2, 0.25) is 0 Å². The Morgan fingerprint density at radius 1 is 0.231 bits per heavy atom. The van der Waals surface area contributed by atoms with Crippen LogP contribution in [-0.2, 0) is 10.8 Å². The van der Waals surface area contributed by atoms with Crippen LogP contribution in [0, 0.1) is 0 Å². The minimum atomic E-state index is -0.194. The Morgan fingerprint density at radius 3 is 0.821 bits per heavy atom. The van der Waals surface area contributed by atoms with E-state index in [9.17, 15) is 0 Å². The molecule has 4 heteroatoms. The Labute approximate surface area is 707 Å². The first-order chi connectivity index (χ1) is 57.9. The van der Waals surface area contributed by atoms with Crippen molar-refractivity contribution in [3.63, 3.8) is 0 Å². The van der Waals surface area contributed by atoms with Crippen molar-refractivity contribution < 1.29 is 0 Å². The molecule has 4 nitrogen and oxygen atoms in total. The number of fused-ring (bicyclic) bond motifs is 7. The molecule has 3 heterocycles. The minimum absolute atomic E-state index is 0.127. The van der Waals surface area contributed by atoms with Crippen molar-refractivity contribution in [2.75, 3.05) is 6.67 Å². The molecule has 0 atom stereocenters. The maximum Gasteiger partial charge on any atom is 0.130 e. The predicted molar refractivity (Wildman–Crippen MR) is 505 cm³/mol. The normalized spacial score (nSPS) is 13.4. The molecular formula is C113H140N4. The molecule has 10 aromatic rings. The van der Waals surface area contributed by atoms with Gasteiger partial charge in [0.1, 0.15) is 6.67 Å². The summed E-state index contributed by atoms with van der Waals surface area (Å²) in [7, 11) is 0. The van der Waals surface area contributed by atoms with Crippen molar-refractivity contribution in [2.45, 2.75) is 321 Å². The van der Waals surface area contributed by atoms with Crippen molar-refractivity contribution >= 4 is 24.3 Å². The topological polar surface area (TPSA) is 50.5 Å². The van der Waals surface area contributed by atoms with Gasteiger partial charge in [0, 0.05) is 46.7 Å². The average Bonchev–Trinajstić information content (AvgIpc) is 1.55. The second-order valence-corrected chi connectivity index (χ2v) is 35.2. The Hall–Kier alpha value is -8.86. The number of hydrogen-bond acceptors (Lipinski definition) is 4. The molecule has 0 N–H and O–H groups in total. The lowest BCUT2D eigenvalue weighted by Gasteiger charge is -2.34. The van der Waals surface area contributed by atoms with E-state index in [2.05, 4.69) is 244 Å². The Kier molecular flexibility index (Phi) is 33.7. The van der Waals surface area contributed by atoms with Crippen LogP contribution in [0.25, 0.3) is 102 Å². The maximum absolute atomic E-state index is 5.21. The third-order valence-corrected chi connectivity index (χ3v) is 26.8. The smallest absolute Gasteiger partial charge is 0.130 e. The van der Waals surface area contributed by atoms with E-state index in [-0.39, 0.29) is 10.8 Å². The zero-order valence-corrected chi connectivity index (χ0v) is 72.5. The molecule has 117 heavy (non-hydrogen) atoms. The molecule has 0 saturated heterocycles. The zero-order chi connectivity index (χ0) is 80.4. The molecule has 2 aliphatic carbocycles. The SMILES string of the molecule is CCCCCCCCCCCCC1(CCCCCCCCCCCC)c2cc(-c3ccccc3)ccc2-c2ccc(-c3cc(/C=C/c4ccncc4)c(-c4ccc5c(c4)C(CCCCCCCCCCCC)(CCCCCCCCCCCC)c4cc(-c6ccc(-c7ccccc7)c7c6=NCN=7)ccc4-5)cc3/C=C/c3ccncc3)cc21. The highest BCUT2D eigenvalue weighted by Crippen LogP contribution is 2.58. The molecule has 0 fully saturated rings. The molecule has 2 aromatic heterocycles. The summed E-state index contributed by atoms with van der Waals surface area (Å²) in [6.07, 6.45) is 75.0. The van der Waals surface area contributed by atoms with Crippen LogP contribution in [0.3, 0.4) is 0 Å². The second-order valence-electron chi connectivity index (χ2n) is 35.2. The van der Waals surface area contributed by atoms with E-state index in [1.807, 2.05) is 24.8 Å². The van der Waals surface area contributed by atoms with Crippen LogP contribution >= 0.6 is 0 Å². The molecule has 0 unspecified atom stereocenters. The molecule has 0 saturated carbocycles. The van der Waals surface area contributed by atoms with E-state index in [1.165, 1.54) is 357 Å². The van der Waals surface area contributed by atoms with Crippen LogP contribution in [0.1, 0.15) is 355 Å². The lowest BCUT2D eigenvalue weighted by molar-refractivity contribution is 0.397. The van der Waals surface area contributed by atoms with E-state index in [1.54, 1.807) is 5.56 Å². The van der Waals surface area contributed by atoms with Crippen molar-refractivity contribution in [3.05, 3.63) is 262 Å². The molecule has 0 spiro atoms. The van der Waals surface area contributed by atoms with E-state index in [4.69, 9.17) is 9.98 Å². The van der Waals surface area contributed by atoms with E-state index in [0.717, 1.165) is 53.1 Å². The van der Waals surface area contributed by atoms with Gasteiger partial charge in [0.25, 0.3) is 0 Å². The number of nitrogens with zero attached hydrogens (tertiary/aromatic N) is 4. The first-order valence-electron chi connectivity index (χ1n) is 47.5. The summed E-state index contributed by atoms with van der Waals surface area (Å²) >= 11 is 0. The van der Waals surface area contributed by atoms with Crippen LogP contribution < -0.4 is 10.7 Å². The van der Waals surface area contributed by atoms with Gasteiger partial charge in [0.15, 0.2) is 0 Å². The van der Waals surface area contributed by atoms with Gasteiger partial charge in [-0.3, -0.25) is 20.0 Å². The first kappa shape index (κ1) is 86.0. The third kappa shape index (κ3) is 22.8. The molecule has 0 bridgehead atoms. The third-order valence-electron chi connectivity index (χ3n) is 26.8. The van der Waals surface area contributed by atoms with Crippen LogP contribution in [-0.4, -0.2) is 16.6 Å². The number of pyridine rings is 2. The van der Waals surface area contributed by atoms with E-state index in [0.29, 0.717) is 6.67 Å². The summed E-state index contributed by atoms with van der Waals surface area (Å²) in [4.78, 5) is 19.3. The first-order valence-corrected chi connectivity index (χ1v) is 47.5. The number of hydrogen-bond donors (Lipinski definition) is 0. The molecule has 8 aromatic carbocycles. The second kappa shape index (κ2) is 45.9. The summed E-state index contributed by atoms with van der Waals surface area (Å²) < 4.78 is 0. The quantitative estimate of drug-likeness (QED) is 0.0357. The average molecular weight is 1550 g/mol. The lowest BCUT2D eigenvalue weighted by atomic mass is 9.69. The van der Waals surface area contributed by atoms with E-state index < -0.39 is 0 Å². The van der Waals surface area contributed by atoms with Crippen molar-refractivity contribution in [1.29, 1.82) is 0 Å². The maximum atomic E-state index is 5.21. The van der Waals surface area contributed by atoms with Gasteiger partial charge >= 0.3 is 0 Å². The van der Waals surface area contributed by atoms with Crippen LogP contribution in [0.4, 0.5) is 0 Å². The highest BCUT2D eigenvalue weighted by atomic mass is 15.0. The Balaban J connectivity index is 0.939. The lowest BCUT2D eigenvalue weighted by Crippen LogP contribution is -2.27. The fourth-order valence-corrected chi connectivity index (χ4v) is 20.2. The van der Waals surface area contributed by atoms with Gasteiger partial charge in [-0.15, -0.1) is 0 Å². The summed E-state index contributed by atoms with van der Waals surface area (Å²) in [5.74, 6) is 0. The fourth-order valence-electron chi connectivity index (χ4n) is 20.2. The van der Waals surface area contributed by atoms with Crippen molar-refractivity contribution in [2.24, 2.45) is 9.98 Å². The van der Waals surface area contributed by atoms with Gasteiger partial charge in [-0.25, -0.2) is 0 Å². The Bertz CT molecular complexity index is 4820. The summed E-state index contributed by atoms with van der Waals surface area (Å²) in [5.41, 5.74) is 28.7. The van der Waals surface area contributed by atoms with Gasteiger partial charge in [0.05, 0.1) is 10.7 Å². The van der Waals surface area contributed by atoms with Crippen molar-refractivity contribution in [1.82, 2.24) is 9.97 Å². The number of aromatic nitrogens is 2. The predicted octanol–water partition coefficient (Wildman–Crippen LogP) is 33.1. The molecular weight excluding hydrogens is 1410 g/mol. The van der Waals surface area contributed by atoms with Gasteiger partial charge in [-0.1, -0.05) is 430 Å². The number of rotatable bonds is 53. The van der Waals surface area contributed by atoms with Crippen LogP contribution in [0.2, 0.25) is 0 Å². The fraction of sp³-hybridized carbons (Fsp3) is 0.451. The molecule has 0 radical (unpaired) electrons. The Morgan fingerprint density at radius 2 is 0.496 bits per heavy atom. The van der Waals surface area contributed by atoms with Gasteiger partial charge in [-0.2, -0.15) is 0 Å². The zero-order valence-electron chi connectivity index (χ0n) is 72.5. The molecule has 0 amide bonds. The minimum Gasteiger partial charge on any atom is -0.265 e. The summed E-state index contributed by atoms with van der Waals surface area (Å²) in [5, 5.41) is 2.06. The van der Waals surface area contributed by atoms with E-state index >= 15 is 0 Å². The number of benzene rings is 8. The number of unbranched alkanes of at least 4 members (excludes halogenated alkanes) is 36. The molecule has 1 aliphatic heterocycles. The summed E-state index contributed by atoms with van der Waals surface area (Å²) in [6.45, 7) is 9.80.